The van der Waals surface area contributed by atoms with Crippen molar-refractivity contribution in [2.75, 3.05) is 11.9 Å². The lowest BCUT2D eigenvalue weighted by molar-refractivity contribution is -0.118. The van der Waals surface area contributed by atoms with Crippen LogP contribution in [0.4, 0.5) is 5.13 Å². The highest BCUT2D eigenvalue weighted by Gasteiger charge is 2.11. The molecule has 0 bridgehead atoms. The second kappa shape index (κ2) is 6.72. The van der Waals surface area contributed by atoms with Gasteiger partial charge in [0.05, 0.1) is 5.69 Å². The highest BCUT2D eigenvalue weighted by atomic mass is 32.1. The Morgan fingerprint density at radius 1 is 1.38 bits per heavy atom. The van der Waals surface area contributed by atoms with E-state index in [2.05, 4.69) is 36.3 Å². The molecule has 1 aromatic carbocycles. The molecule has 0 unspecified atom stereocenters. The van der Waals surface area contributed by atoms with Crippen LogP contribution in [-0.2, 0) is 4.79 Å². The smallest absolute Gasteiger partial charge is 0.264 e. The molecule has 0 fully saturated rings. The first-order chi connectivity index (χ1) is 9.95. The third-order valence-electron chi connectivity index (χ3n) is 3.02. The molecule has 1 amide bonds. The van der Waals surface area contributed by atoms with Crippen LogP contribution in [0.15, 0.2) is 23.6 Å². The van der Waals surface area contributed by atoms with Gasteiger partial charge in [-0.2, -0.15) is 0 Å². The topological polar surface area (TPSA) is 51.2 Å². The van der Waals surface area contributed by atoms with Crippen molar-refractivity contribution in [2.24, 2.45) is 0 Å². The molecule has 1 N–H and O–H groups in total. The second-order valence-corrected chi connectivity index (χ2v) is 6.18. The number of amides is 1. The Labute approximate surface area is 129 Å². The predicted octanol–water partition coefficient (Wildman–Crippen LogP) is 3.90. The van der Waals surface area contributed by atoms with E-state index in [1.807, 2.05) is 25.3 Å². The molecule has 0 saturated carbocycles. The summed E-state index contributed by atoms with van der Waals surface area (Å²) in [6.45, 7) is 8.10. The van der Waals surface area contributed by atoms with Gasteiger partial charge in [0.2, 0.25) is 0 Å². The van der Waals surface area contributed by atoms with E-state index in [-0.39, 0.29) is 12.5 Å². The number of aromatic nitrogens is 1. The Hall–Kier alpha value is -1.88. The van der Waals surface area contributed by atoms with E-state index in [1.54, 1.807) is 0 Å². The molecule has 112 valence electrons. The van der Waals surface area contributed by atoms with E-state index in [0.717, 1.165) is 22.6 Å². The number of benzene rings is 1. The number of ether oxygens (including phenoxy) is 1. The van der Waals surface area contributed by atoms with Gasteiger partial charge in [0.1, 0.15) is 5.75 Å². The number of hydrogen-bond acceptors (Lipinski definition) is 4. The SMILES string of the molecule is Cc1ccc(C(C)C)c(OCC(=O)Nc2nc(C)cs2)c1. The summed E-state index contributed by atoms with van der Waals surface area (Å²) in [5.74, 6) is 0.932. The largest absolute Gasteiger partial charge is 0.483 e. The van der Waals surface area contributed by atoms with Crippen LogP contribution in [0.1, 0.15) is 36.6 Å². The Balaban J connectivity index is 1.99. The quantitative estimate of drug-likeness (QED) is 0.911. The van der Waals surface area contributed by atoms with Gasteiger partial charge in [-0.25, -0.2) is 4.98 Å². The highest BCUT2D eigenvalue weighted by Crippen LogP contribution is 2.27. The standard InChI is InChI=1S/C16H20N2O2S/c1-10(2)13-6-5-11(3)7-14(13)20-8-15(19)18-16-17-12(4)9-21-16/h5-7,9-10H,8H2,1-4H3,(H,17,18,19). The predicted molar refractivity (Wildman–Crippen MR) is 86.2 cm³/mol. The number of carbonyl (C=O) groups is 1. The molecule has 0 spiro atoms. The van der Waals surface area contributed by atoms with Crippen molar-refractivity contribution >= 4 is 22.4 Å². The van der Waals surface area contributed by atoms with E-state index >= 15 is 0 Å². The number of carbonyl (C=O) groups excluding carboxylic acids is 1. The fourth-order valence-corrected chi connectivity index (χ4v) is 2.66. The van der Waals surface area contributed by atoms with E-state index in [1.165, 1.54) is 11.3 Å². The third-order valence-corrected chi connectivity index (χ3v) is 3.89. The summed E-state index contributed by atoms with van der Waals surface area (Å²) >= 11 is 1.41. The Morgan fingerprint density at radius 3 is 2.76 bits per heavy atom. The molecular formula is C16H20N2O2S. The van der Waals surface area contributed by atoms with Gasteiger partial charge in [-0.3, -0.25) is 10.1 Å². The number of thiazole rings is 1. The van der Waals surface area contributed by atoms with Crippen LogP contribution in [0.5, 0.6) is 5.75 Å². The van der Waals surface area contributed by atoms with Gasteiger partial charge in [0, 0.05) is 5.38 Å². The molecular weight excluding hydrogens is 284 g/mol. The highest BCUT2D eigenvalue weighted by molar-refractivity contribution is 7.13. The molecule has 0 aliphatic heterocycles. The Morgan fingerprint density at radius 2 is 2.14 bits per heavy atom. The maximum absolute atomic E-state index is 11.9. The van der Waals surface area contributed by atoms with E-state index in [0.29, 0.717) is 11.0 Å². The third kappa shape index (κ3) is 4.29. The fourth-order valence-electron chi connectivity index (χ4n) is 1.95. The summed E-state index contributed by atoms with van der Waals surface area (Å²) in [5.41, 5.74) is 3.13. The molecule has 0 aliphatic carbocycles. The summed E-state index contributed by atoms with van der Waals surface area (Å²) in [6, 6.07) is 6.08. The first-order valence-corrected chi connectivity index (χ1v) is 7.79. The summed E-state index contributed by atoms with van der Waals surface area (Å²) < 4.78 is 5.68. The zero-order valence-corrected chi connectivity index (χ0v) is 13.6. The molecule has 2 rings (SSSR count). The van der Waals surface area contributed by atoms with Gasteiger partial charge in [-0.15, -0.1) is 11.3 Å². The van der Waals surface area contributed by atoms with Crippen molar-refractivity contribution in [3.63, 3.8) is 0 Å². The number of aryl methyl sites for hydroxylation is 2. The minimum Gasteiger partial charge on any atom is -0.483 e. The van der Waals surface area contributed by atoms with Crippen LogP contribution < -0.4 is 10.1 Å². The first kappa shape index (κ1) is 15.5. The zero-order valence-electron chi connectivity index (χ0n) is 12.8. The minimum absolute atomic E-state index is 0.0121. The maximum Gasteiger partial charge on any atom is 0.264 e. The molecule has 21 heavy (non-hydrogen) atoms. The molecule has 5 heteroatoms. The lowest BCUT2D eigenvalue weighted by atomic mass is 10.0. The van der Waals surface area contributed by atoms with Crippen LogP contribution in [-0.4, -0.2) is 17.5 Å². The van der Waals surface area contributed by atoms with Crippen molar-refractivity contribution in [1.29, 1.82) is 0 Å². The van der Waals surface area contributed by atoms with Crippen molar-refractivity contribution in [3.05, 3.63) is 40.4 Å². The average molecular weight is 304 g/mol. The van der Waals surface area contributed by atoms with Crippen molar-refractivity contribution in [3.8, 4) is 5.75 Å². The normalized spacial score (nSPS) is 10.7. The fraction of sp³-hybridized carbons (Fsp3) is 0.375. The summed E-state index contributed by atoms with van der Waals surface area (Å²) in [7, 11) is 0. The zero-order chi connectivity index (χ0) is 15.4. The summed E-state index contributed by atoms with van der Waals surface area (Å²) in [5, 5.41) is 5.24. The van der Waals surface area contributed by atoms with Gasteiger partial charge < -0.3 is 4.74 Å². The Bertz CT molecular complexity index is 635. The van der Waals surface area contributed by atoms with Gasteiger partial charge >= 0.3 is 0 Å². The summed E-state index contributed by atoms with van der Waals surface area (Å²) in [4.78, 5) is 16.1. The van der Waals surface area contributed by atoms with Gasteiger partial charge in [0.15, 0.2) is 11.7 Å². The van der Waals surface area contributed by atoms with Crippen molar-refractivity contribution in [2.45, 2.75) is 33.6 Å². The first-order valence-electron chi connectivity index (χ1n) is 6.91. The summed E-state index contributed by atoms with van der Waals surface area (Å²) in [6.07, 6.45) is 0. The van der Waals surface area contributed by atoms with Crippen molar-refractivity contribution in [1.82, 2.24) is 4.98 Å². The molecule has 1 heterocycles. The van der Waals surface area contributed by atoms with Gasteiger partial charge in [-0.1, -0.05) is 26.0 Å². The monoisotopic (exact) mass is 304 g/mol. The van der Waals surface area contributed by atoms with E-state index in [4.69, 9.17) is 4.74 Å². The van der Waals surface area contributed by atoms with Gasteiger partial charge in [0.25, 0.3) is 5.91 Å². The van der Waals surface area contributed by atoms with Crippen LogP contribution >= 0.6 is 11.3 Å². The molecule has 2 aromatic rings. The number of nitrogens with one attached hydrogen (secondary N) is 1. The van der Waals surface area contributed by atoms with Crippen molar-refractivity contribution < 1.29 is 9.53 Å². The van der Waals surface area contributed by atoms with Crippen LogP contribution in [0.3, 0.4) is 0 Å². The average Bonchev–Trinajstić information content (AvgIpc) is 2.81. The number of rotatable bonds is 5. The van der Waals surface area contributed by atoms with Crippen LogP contribution in [0.25, 0.3) is 0 Å². The van der Waals surface area contributed by atoms with E-state index in [9.17, 15) is 4.79 Å². The number of hydrogen-bond donors (Lipinski definition) is 1. The molecule has 4 nitrogen and oxygen atoms in total. The maximum atomic E-state index is 11.9. The molecule has 0 saturated heterocycles. The number of nitrogens with zero attached hydrogens (tertiary/aromatic N) is 1. The molecule has 0 aliphatic rings. The molecule has 0 radical (unpaired) electrons. The lowest BCUT2D eigenvalue weighted by Crippen LogP contribution is -2.20. The lowest BCUT2D eigenvalue weighted by Gasteiger charge is -2.14. The second-order valence-electron chi connectivity index (χ2n) is 5.33. The Kier molecular flexibility index (Phi) is 4.96. The molecule has 0 atom stereocenters. The van der Waals surface area contributed by atoms with Crippen LogP contribution in [0, 0.1) is 13.8 Å². The minimum atomic E-state index is -0.194. The van der Waals surface area contributed by atoms with Gasteiger partial charge in [-0.05, 0) is 37.0 Å². The number of anilines is 1. The molecule has 1 aromatic heterocycles. The van der Waals surface area contributed by atoms with Crippen LogP contribution in [0.2, 0.25) is 0 Å². The van der Waals surface area contributed by atoms with E-state index < -0.39 is 0 Å².